The maximum Gasteiger partial charge on any atom is 0.173 e. The maximum atomic E-state index is 8.80. The summed E-state index contributed by atoms with van der Waals surface area (Å²) in [5.74, 6) is 1.23. The van der Waals surface area contributed by atoms with Gasteiger partial charge in [0.25, 0.3) is 0 Å². The second-order valence-electron chi connectivity index (χ2n) is 4.02. The van der Waals surface area contributed by atoms with Crippen LogP contribution in [0.2, 0.25) is 0 Å². The topological polar surface area (TPSA) is 67.8 Å². The molecule has 0 unspecified atom stereocenters. The van der Waals surface area contributed by atoms with Crippen molar-refractivity contribution in [3.8, 4) is 11.5 Å². The van der Waals surface area contributed by atoms with E-state index >= 15 is 0 Å². The molecule has 0 saturated heterocycles. The van der Waals surface area contributed by atoms with E-state index in [1.165, 1.54) is 0 Å². The van der Waals surface area contributed by atoms with Crippen LogP contribution in [0.4, 0.5) is 0 Å². The summed E-state index contributed by atoms with van der Waals surface area (Å²) < 4.78 is 6.66. The van der Waals surface area contributed by atoms with Gasteiger partial charge in [0.05, 0.1) is 10.0 Å². The molecule has 2 rings (SSSR count). The quantitative estimate of drug-likeness (QED) is 0.392. The molecule has 0 atom stereocenters. The van der Waals surface area contributed by atoms with Gasteiger partial charge in [-0.3, -0.25) is 0 Å². The second kappa shape index (κ2) is 5.75. The molecule has 5 heteroatoms. The van der Waals surface area contributed by atoms with Crippen LogP contribution in [0.1, 0.15) is 11.1 Å². The fourth-order valence-corrected chi connectivity index (χ4v) is 1.99. The zero-order valence-corrected chi connectivity index (χ0v) is 11.9. The molecule has 2 aromatic rings. The van der Waals surface area contributed by atoms with Crippen LogP contribution in [0.25, 0.3) is 0 Å². The molecule has 0 aliphatic rings. The largest absolute Gasteiger partial charge is 0.455 e. The van der Waals surface area contributed by atoms with E-state index in [1.807, 2.05) is 43.3 Å². The molecule has 0 amide bonds. The predicted molar refractivity (Wildman–Crippen MR) is 77.9 cm³/mol. The Morgan fingerprint density at radius 1 is 1.21 bits per heavy atom. The van der Waals surface area contributed by atoms with Gasteiger partial charge in [-0.1, -0.05) is 23.4 Å². The number of hydrogen-bond acceptors (Lipinski definition) is 3. The first-order chi connectivity index (χ1) is 9.11. The highest BCUT2D eigenvalue weighted by atomic mass is 79.9. The Hall–Kier alpha value is -2.01. The molecule has 0 aliphatic carbocycles. The smallest absolute Gasteiger partial charge is 0.173 e. The lowest BCUT2D eigenvalue weighted by Gasteiger charge is -2.12. The predicted octanol–water partition coefficient (Wildman–Crippen LogP) is 3.64. The summed E-state index contributed by atoms with van der Waals surface area (Å²) in [6.45, 7) is 1.95. The van der Waals surface area contributed by atoms with Crippen LogP contribution in [0.5, 0.6) is 11.5 Å². The highest BCUT2D eigenvalue weighted by Gasteiger charge is 2.11. The number of oxime groups is 1. The highest BCUT2D eigenvalue weighted by Crippen LogP contribution is 2.31. The number of amidine groups is 1. The molecule has 0 radical (unpaired) electrons. The molecule has 98 valence electrons. The van der Waals surface area contributed by atoms with Crippen molar-refractivity contribution < 1.29 is 9.94 Å². The number of halogens is 1. The van der Waals surface area contributed by atoms with Crippen LogP contribution in [-0.2, 0) is 0 Å². The van der Waals surface area contributed by atoms with Gasteiger partial charge in [0.1, 0.15) is 11.5 Å². The monoisotopic (exact) mass is 320 g/mol. The van der Waals surface area contributed by atoms with E-state index in [9.17, 15) is 0 Å². The van der Waals surface area contributed by atoms with Crippen LogP contribution in [0, 0.1) is 6.92 Å². The molecule has 0 fully saturated rings. The number of rotatable bonds is 3. The lowest BCUT2D eigenvalue weighted by atomic mass is 10.1. The van der Waals surface area contributed by atoms with Gasteiger partial charge in [-0.15, -0.1) is 0 Å². The second-order valence-corrected chi connectivity index (χ2v) is 4.87. The third-order valence-corrected chi connectivity index (χ3v) is 3.23. The summed E-state index contributed by atoms with van der Waals surface area (Å²) in [4.78, 5) is 0. The number of benzene rings is 2. The zero-order valence-electron chi connectivity index (χ0n) is 10.3. The van der Waals surface area contributed by atoms with Crippen molar-refractivity contribution in [2.45, 2.75) is 6.92 Å². The summed E-state index contributed by atoms with van der Waals surface area (Å²) >= 11 is 3.42. The van der Waals surface area contributed by atoms with Crippen LogP contribution >= 0.6 is 15.9 Å². The number of hydrogen-bond donors (Lipinski definition) is 2. The third kappa shape index (κ3) is 3.06. The number of nitrogens with zero attached hydrogens (tertiary/aromatic N) is 1. The number of aryl methyl sites for hydroxylation is 1. The number of ether oxygens (including phenoxy) is 1. The van der Waals surface area contributed by atoms with Gasteiger partial charge >= 0.3 is 0 Å². The van der Waals surface area contributed by atoms with Crippen molar-refractivity contribution in [3.05, 3.63) is 58.1 Å². The highest BCUT2D eigenvalue weighted by molar-refractivity contribution is 9.10. The molecular weight excluding hydrogens is 308 g/mol. The van der Waals surface area contributed by atoms with E-state index in [0.717, 1.165) is 10.0 Å². The van der Waals surface area contributed by atoms with E-state index in [1.54, 1.807) is 6.07 Å². The van der Waals surface area contributed by atoms with Crippen LogP contribution < -0.4 is 10.5 Å². The lowest BCUT2D eigenvalue weighted by molar-refractivity contribution is 0.318. The molecule has 0 saturated carbocycles. The lowest BCUT2D eigenvalue weighted by Crippen LogP contribution is -2.14. The molecule has 0 aliphatic heterocycles. The zero-order chi connectivity index (χ0) is 13.8. The van der Waals surface area contributed by atoms with E-state index in [-0.39, 0.29) is 5.84 Å². The molecule has 0 spiro atoms. The minimum Gasteiger partial charge on any atom is -0.455 e. The van der Waals surface area contributed by atoms with Crippen molar-refractivity contribution in [1.29, 1.82) is 0 Å². The summed E-state index contributed by atoms with van der Waals surface area (Å²) in [7, 11) is 0. The first-order valence-electron chi connectivity index (χ1n) is 5.62. The van der Waals surface area contributed by atoms with Crippen molar-refractivity contribution in [2.24, 2.45) is 10.9 Å². The summed E-state index contributed by atoms with van der Waals surface area (Å²) in [6.07, 6.45) is 0. The van der Waals surface area contributed by atoms with Gasteiger partial charge in [0.2, 0.25) is 0 Å². The van der Waals surface area contributed by atoms with Gasteiger partial charge in [0, 0.05) is 0 Å². The standard InChI is InChI=1S/C14H13BrN2O2/c1-9-6-7-10(14(16)17-18)13(8-9)19-12-5-3-2-4-11(12)15/h2-8,18H,1H3,(H2,16,17). The SMILES string of the molecule is Cc1ccc(C(N)=NO)c(Oc2ccccc2Br)c1. The Bertz CT molecular complexity index is 627. The molecule has 0 heterocycles. The Balaban J connectivity index is 2.44. The maximum absolute atomic E-state index is 8.80. The van der Waals surface area contributed by atoms with Crippen molar-refractivity contribution in [2.75, 3.05) is 0 Å². The first-order valence-corrected chi connectivity index (χ1v) is 6.42. The minimum atomic E-state index is 0.0158. The molecule has 19 heavy (non-hydrogen) atoms. The number of nitrogens with two attached hydrogens (primary N) is 1. The van der Waals surface area contributed by atoms with Gasteiger partial charge < -0.3 is 15.7 Å². The molecule has 0 bridgehead atoms. The van der Waals surface area contributed by atoms with E-state index in [2.05, 4.69) is 21.1 Å². The van der Waals surface area contributed by atoms with Gasteiger partial charge in [-0.05, 0) is 52.7 Å². The Kier molecular flexibility index (Phi) is 4.06. The fourth-order valence-electron chi connectivity index (χ4n) is 1.63. The van der Waals surface area contributed by atoms with Gasteiger partial charge in [0.15, 0.2) is 5.84 Å². The molecule has 3 N–H and O–H groups in total. The van der Waals surface area contributed by atoms with E-state index in [0.29, 0.717) is 17.1 Å². The molecular formula is C14H13BrN2O2. The molecule has 4 nitrogen and oxygen atoms in total. The van der Waals surface area contributed by atoms with Crippen LogP contribution in [0.15, 0.2) is 52.1 Å². The molecule has 0 aromatic heterocycles. The van der Waals surface area contributed by atoms with Crippen molar-refractivity contribution >= 4 is 21.8 Å². The Labute approximate surface area is 119 Å². The summed E-state index contributed by atoms with van der Waals surface area (Å²) in [5.41, 5.74) is 7.21. The van der Waals surface area contributed by atoms with E-state index in [4.69, 9.17) is 15.7 Å². The van der Waals surface area contributed by atoms with Crippen molar-refractivity contribution in [3.63, 3.8) is 0 Å². The Morgan fingerprint density at radius 3 is 2.63 bits per heavy atom. The van der Waals surface area contributed by atoms with E-state index < -0.39 is 0 Å². The van der Waals surface area contributed by atoms with Gasteiger partial charge in [-0.2, -0.15) is 0 Å². The fraction of sp³-hybridized carbons (Fsp3) is 0.0714. The van der Waals surface area contributed by atoms with Crippen LogP contribution in [0.3, 0.4) is 0 Å². The number of para-hydroxylation sites is 1. The average molecular weight is 321 g/mol. The minimum absolute atomic E-state index is 0.0158. The Morgan fingerprint density at radius 2 is 1.95 bits per heavy atom. The van der Waals surface area contributed by atoms with Crippen LogP contribution in [-0.4, -0.2) is 11.0 Å². The third-order valence-electron chi connectivity index (χ3n) is 2.58. The van der Waals surface area contributed by atoms with Crippen molar-refractivity contribution in [1.82, 2.24) is 0 Å². The summed E-state index contributed by atoms with van der Waals surface area (Å²) in [6, 6.07) is 13.0. The molecule has 2 aromatic carbocycles. The normalized spacial score (nSPS) is 11.4. The average Bonchev–Trinajstić information content (AvgIpc) is 2.41. The first kappa shape index (κ1) is 13.4. The summed E-state index contributed by atoms with van der Waals surface area (Å²) in [5, 5.41) is 11.8. The van der Waals surface area contributed by atoms with Gasteiger partial charge in [-0.25, -0.2) is 0 Å².